The summed E-state index contributed by atoms with van der Waals surface area (Å²) in [6, 6.07) is 9.73. The summed E-state index contributed by atoms with van der Waals surface area (Å²) < 4.78 is 16.1. The number of para-hydroxylation sites is 2. The van der Waals surface area contributed by atoms with E-state index in [1.54, 1.807) is 24.3 Å². The van der Waals surface area contributed by atoms with Gasteiger partial charge in [-0.1, -0.05) is 12.1 Å². The van der Waals surface area contributed by atoms with E-state index < -0.39 is 10.8 Å². The Morgan fingerprint density at radius 2 is 2.03 bits per heavy atom. The number of carbonyl (C=O) groups is 1. The molecule has 1 amide bonds. The first-order valence-electron chi connectivity index (χ1n) is 8.66. The number of carbonyl (C=O) groups excluding carboxylic acids is 1. The summed E-state index contributed by atoms with van der Waals surface area (Å²) in [7, 11) is 0. The van der Waals surface area contributed by atoms with E-state index in [-0.39, 0.29) is 34.6 Å². The van der Waals surface area contributed by atoms with E-state index >= 15 is 0 Å². The van der Waals surface area contributed by atoms with Gasteiger partial charge in [0.1, 0.15) is 11.4 Å². The molecular weight excluding hydrogens is 398 g/mol. The van der Waals surface area contributed by atoms with Crippen molar-refractivity contribution in [3.05, 3.63) is 57.8 Å². The van der Waals surface area contributed by atoms with Crippen molar-refractivity contribution in [2.75, 3.05) is 18.3 Å². The fourth-order valence-corrected chi connectivity index (χ4v) is 3.34. The molecule has 0 radical (unpaired) electrons. The number of ether oxygens (including phenoxy) is 3. The number of nitrogens with zero attached hydrogens (tertiary/aromatic N) is 2. The Labute approximate surface area is 170 Å². The van der Waals surface area contributed by atoms with E-state index in [0.717, 1.165) is 0 Å². The van der Waals surface area contributed by atoms with Crippen LogP contribution in [0.25, 0.3) is 6.08 Å². The lowest BCUT2D eigenvalue weighted by Gasteiger charge is -2.17. The van der Waals surface area contributed by atoms with Crippen molar-refractivity contribution in [1.29, 1.82) is 0 Å². The maximum Gasteiger partial charge on any atom is 0.281 e. The Morgan fingerprint density at radius 3 is 2.76 bits per heavy atom. The van der Waals surface area contributed by atoms with E-state index in [1.807, 2.05) is 6.92 Å². The maximum absolute atomic E-state index is 13.0. The van der Waals surface area contributed by atoms with Crippen LogP contribution in [0.5, 0.6) is 17.2 Å². The molecule has 0 saturated carbocycles. The average Bonchev–Trinajstić information content (AvgIpc) is 3.26. The molecule has 1 fully saturated rings. The number of anilines is 1. The Bertz CT molecular complexity index is 1070. The van der Waals surface area contributed by atoms with Crippen molar-refractivity contribution in [3.63, 3.8) is 0 Å². The molecule has 2 aliphatic heterocycles. The summed E-state index contributed by atoms with van der Waals surface area (Å²) in [6.45, 7) is 2.24. The van der Waals surface area contributed by atoms with Crippen LogP contribution in [-0.4, -0.2) is 29.3 Å². The molecule has 29 heavy (non-hydrogen) atoms. The second-order valence-electron chi connectivity index (χ2n) is 6.05. The predicted molar refractivity (Wildman–Crippen MR) is 108 cm³/mol. The fraction of sp³-hybridized carbons (Fsp3) is 0.158. The molecule has 0 bridgehead atoms. The molecule has 0 aliphatic carbocycles. The zero-order chi connectivity index (χ0) is 20.5. The average molecular weight is 413 g/mol. The number of nitrogens with one attached hydrogen (secondary N) is 1. The van der Waals surface area contributed by atoms with Gasteiger partial charge < -0.3 is 19.5 Å². The number of thiocarbonyl (C=S) groups is 1. The van der Waals surface area contributed by atoms with Crippen LogP contribution in [0.15, 0.2) is 42.1 Å². The number of amides is 1. The summed E-state index contributed by atoms with van der Waals surface area (Å²) in [6.07, 6.45) is 1.37. The van der Waals surface area contributed by atoms with Crippen LogP contribution in [0.3, 0.4) is 0 Å². The zero-order valence-electron chi connectivity index (χ0n) is 15.2. The molecule has 148 valence electrons. The van der Waals surface area contributed by atoms with Crippen molar-refractivity contribution in [2.45, 2.75) is 6.92 Å². The second kappa shape index (κ2) is 7.40. The van der Waals surface area contributed by atoms with Gasteiger partial charge in [0.05, 0.1) is 28.8 Å². The standard InChI is InChI=1S/C19H15N3O6S/c1-2-26-15-6-4-3-5-13(15)21-18(23)12(20-19(21)29)7-11-8-16-17(28-10-27-16)9-14(11)22(24)25/h3-9H,2,10H2,1H3,(H,20,29)/b12-7+. The molecule has 10 heteroatoms. The van der Waals surface area contributed by atoms with Gasteiger partial charge in [-0.05, 0) is 43.4 Å². The fourth-order valence-electron chi connectivity index (χ4n) is 3.05. The third kappa shape index (κ3) is 3.34. The molecule has 1 N–H and O–H groups in total. The minimum absolute atomic E-state index is 0.0181. The van der Waals surface area contributed by atoms with Crippen LogP contribution in [0.4, 0.5) is 11.4 Å². The molecule has 4 rings (SSSR count). The van der Waals surface area contributed by atoms with E-state index in [0.29, 0.717) is 23.8 Å². The minimum Gasteiger partial charge on any atom is -0.492 e. The highest BCUT2D eigenvalue weighted by Gasteiger charge is 2.34. The highest BCUT2D eigenvalue weighted by Crippen LogP contribution is 2.39. The number of rotatable bonds is 5. The summed E-state index contributed by atoms with van der Waals surface area (Å²) in [5.41, 5.74) is 0.567. The lowest BCUT2D eigenvalue weighted by atomic mass is 10.1. The van der Waals surface area contributed by atoms with Crippen molar-refractivity contribution < 1.29 is 23.9 Å². The monoisotopic (exact) mass is 413 g/mol. The lowest BCUT2D eigenvalue weighted by molar-refractivity contribution is -0.385. The number of nitro groups is 1. The van der Waals surface area contributed by atoms with Gasteiger partial charge in [0.15, 0.2) is 16.6 Å². The quantitative estimate of drug-likeness (QED) is 0.345. The molecule has 0 aromatic heterocycles. The smallest absolute Gasteiger partial charge is 0.281 e. The van der Waals surface area contributed by atoms with Gasteiger partial charge in [0, 0.05) is 0 Å². The van der Waals surface area contributed by atoms with Gasteiger partial charge in [-0.3, -0.25) is 14.9 Å². The van der Waals surface area contributed by atoms with Crippen LogP contribution < -0.4 is 24.4 Å². The number of benzene rings is 2. The molecule has 2 heterocycles. The summed E-state index contributed by atoms with van der Waals surface area (Å²) >= 11 is 5.32. The van der Waals surface area contributed by atoms with Crippen molar-refractivity contribution in [1.82, 2.24) is 5.32 Å². The molecule has 2 aliphatic rings. The zero-order valence-corrected chi connectivity index (χ0v) is 16.0. The molecule has 0 atom stereocenters. The van der Waals surface area contributed by atoms with Crippen LogP contribution in [-0.2, 0) is 4.79 Å². The normalized spacial score (nSPS) is 16.3. The van der Waals surface area contributed by atoms with E-state index in [1.165, 1.54) is 23.1 Å². The largest absolute Gasteiger partial charge is 0.492 e. The number of nitro benzene ring substituents is 1. The number of hydrogen-bond acceptors (Lipinski definition) is 7. The Balaban J connectivity index is 1.73. The van der Waals surface area contributed by atoms with Gasteiger partial charge in [0.2, 0.25) is 6.79 Å². The highest BCUT2D eigenvalue weighted by atomic mass is 32.1. The van der Waals surface area contributed by atoms with Crippen LogP contribution in [0.2, 0.25) is 0 Å². The Hall–Kier alpha value is -3.66. The topological polar surface area (TPSA) is 103 Å². The molecule has 2 aromatic carbocycles. The Morgan fingerprint density at radius 1 is 1.31 bits per heavy atom. The summed E-state index contributed by atoms with van der Waals surface area (Å²) in [5, 5.41) is 14.4. The van der Waals surface area contributed by atoms with Crippen molar-refractivity contribution >= 4 is 40.7 Å². The van der Waals surface area contributed by atoms with E-state index in [9.17, 15) is 14.9 Å². The number of fused-ring (bicyclic) bond motifs is 1. The van der Waals surface area contributed by atoms with Crippen molar-refractivity contribution in [2.24, 2.45) is 0 Å². The van der Waals surface area contributed by atoms with Crippen LogP contribution in [0.1, 0.15) is 12.5 Å². The van der Waals surface area contributed by atoms with E-state index in [2.05, 4.69) is 5.32 Å². The predicted octanol–water partition coefficient (Wildman–Crippen LogP) is 2.98. The van der Waals surface area contributed by atoms with Gasteiger partial charge in [-0.25, -0.2) is 4.90 Å². The molecule has 1 saturated heterocycles. The number of hydrogen-bond donors (Lipinski definition) is 1. The molecule has 2 aromatic rings. The molecular formula is C19H15N3O6S. The van der Waals surface area contributed by atoms with Gasteiger partial charge >= 0.3 is 0 Å². The first kappa shape index (κ1) is 18.7. The Kier molecular flexibility index (Phi) is 4.77. The third-order valence-corrected chi connectivity index (χ3v) is 4.59. The molecule has 0 spiro atoms. The van der Waals surface area contributed by atoms with Crippen molar-refractivity contribution in [3.8, 4) is 17.2 Å². The van der Waals surface area contributed by atoms with Crippen LogP contribution in [0, 0.1) is 10.1 Å². The molecule has 9 nitrogen and oxygen atoms in total. The SMILES string of the molecule is CCOc1ccccc1N1C(=O)/C(=C\c2cc3c(cc2[N+](=O)[O-])OCO3)NC1=S. The summed E-state index contributed by atoms with van der Waals surface area (Å²) in [5.74, 6) is 0.707. The lowest BCUT2D eigenvalue weighted by Crippen LogP contribution is -2.30. The molecule has 0 unspecified atom stereocenters. The minimum atomic E-state index is -0.547. The second-order valence-corrected chi connectivity index (χ2v) is 6.44. The maximum atomic E-state index is 13.0. The summed E-state index contributed by atoms with van der Waals surface area (Å²) in [4.78, 5) is 25.2. The first-order valence-corrected chi connectivity index (χ1v) is 9.07. The third-order valence-electron chi connectivity index (χ3n) is 4.30. The van der Waals surface area contributed by atoms with Gasteiger partial charge in [-0.15, -0.1) is 0 Å². The highest BCUT2D eigenvalue weighted by molar-refractivity contribution is 7.80. The van der Waals surface area contributed by atoms with Crippen LogP contribution >= 0.6 is 12.2 Å². The van der Waals surface area contributed by atoms with Gasteiger partial charge in [0.25, 0.3) is 11.6 Å². The van der Waals surface area contributed by atoms with E-state index in [4.69, 9.17) is 26.4 Å². The van der Waals surface area contributed by atoms with Gasteiger partial charge in [-0.2, -0.15) is 0 Å². The first-order chi connectivity index (χ1) is 14.0.